The number of likely N-dealkylation sites (tertiary alicyclic amines) is 1. The van der Waals surface area contributed by atoms with E-state index in [1.54, 1.807) is 11.0 Å². The Kier molecular flexibility index (Phi) is 8.31. The number of fused-ring (bicyclic) bond motifs is 1. The van der Waals surface area contributed by atoms with Crippen LogP contribution in [0, 0.1) is 17.1 Å². The van der Waals surface area contributed by atoms with E-state index in [0.717, 1.165) is 36.5 Å². The SMILES string of the molecule is C=CC(=O)N1CCN(c2nc(OC[C@@H]3CCCN3C)nc3c2CN(Cc2cccc(F)c2Cl)C3)C[C@@H]1CC#N. The van der Waals surface area contributed by atoms with E-state index < -0.39 is 5.82 Å². The van der Waals surface area contributed by atoms with Crippen LogP contribution < -0.4 is 9.64 Å². The van der Waals surface area contributed by atoms with Crippen molar-refractivity contribution in [2.24, 2.45) is 0 Å². The van der Waals surface area contributed by atoms with Crippen molar-refractivity contribution in [3.63, 3.8) is 0 Å². The van der Waals surface area contributed by atoms with E-state index in [1.165, 1.54) is 12.1 Å². The minimum atomic E-state index is -0.436. The molecule has 0 spiro atoms. The number of amides is 1. The van der Waals surface area contributed by atoms with Gasteiger partial charge in [-0.3, -0.25) is 9.69 Å². The van der Waals surface area contributed by atoms with E-state index in [-0.39, 0.29) is 23.4 Å². The van der Waals surface area contributed by atoms with Crippen molar-refractivity contribution >= 4 is 23.3 Å². The number of aromatic nitrogens is 2. The van der Waals surface area contributed by atoms with Gasteiger partial charge in [-0.15, -0.1) is 0 Å². The van der Waals surface area contributed by atoms with Crippen molar-refractivity contribution in [3.8, 4) is 12.1 Å². The van der Waals surface area contributed by atoms with Crippen molar-refractivity contribution in [2.75, 3.05) is 44.7 Å². The molecular formula is C28H33ClFN7O2. The highest BCUT2D eigenvalue weighted by Gasteiger charge is 2.34. The molecule has 2 aromatic rings. The Morgan fingerprint density at radius 1 is 1.28 bits per heavy atom. The zero-order valence-corrected chi connectivity index (χ0v) is 22.9. The third-order valence-electron chi connectivity index (χ3n) is 7.87. The summed E-state index contributed by atoms with van der Waals surface area (Å²) in [4.78, 5) is 30.4. The Morgan fingerprint density at radius 2 is 2.13 bits per heavy atom. The molecule has 11 heteroatoms. The second kappa shape index (κ2) is 11.9. The average molecular weight is 554 g/mol. The molecule has 0 unspecified atom stereocenters. The molecule has 206 valence electrons. The maximum atomic E-state index is 14.1. The normalized spacial score (nSPS) is 21.6. The van der Waals surface area contributed by atoms with E-state index in [2.05, 4.69) is 34.4 Å². The van der Waals surface area contributed by atoms with Gasteiger partial charge < -0.3 is 19.4 Å². The number of ether oxygens (including phenoxy) is 1. The molecule has 9 nitrogen and oxygen atoms in total. The Balaban J connectivity index is 1.41. The topological polar surface area (TPSA) is 88.8 Å². The Hall–Kier alpha value is -3.26. The molecule has 2 fully saturated rings. The van der Waals surface area contributed by atoms with Crippen LogP contribution >= 0.6 is 11.6 Å². The van der Waals surface area contributed by atoms with Gasteiger partial charge in [0, 0.05) is 50.9 Å². The van der Waals surface area contributed by atoms with Crippen LogP contribution in [-0.4, -0.2) is 82.5 Å². The zero-order chi connectivity index (χ0) is 27.5. The molecule has 0 bridgehead atoms. The molecule has 1 aromatic carbocycles. The van der Waals surface area contributed by atoms with Gasteiger partial charge in [0.25, 0.3) is 0 Å². The van der Waals surface area contributed by atoms with Gasteiger partial charge in [0.2, 0.25) is 5.91 Å². The summed E-state index contributed by atoms with van der Waals surface area (Å²) in [5.74, 6) is 0.149. The Morgan fingerprint density at radius 3 is 2.87 bits per heavy atom. The van der Waals surface area contributed by atoms with Gasteiger partial charge in [-0.1, -0.05) is 30.3 Å². The first-order valence-electron chi connectivity index (χ1n) is 13.3. The Labute approximate surface area is 233 Å². The van der Waals surface area contributed by atoms with E-state index in [9.17, 15) is 14.4 Å². The lowest BCUT2D eigenvalue weighted by Crippen LogP contribution is -2.55. The van der Waals surface area contributed by atoms with Gasteiger partial charge in [0.05, 0.1) is 29.2 Å². The zero-order valence-electron chi connectivity index (χ0n) is 22.2. The first-order chi connectivity index (χ1) is 18.9. The number of rotatable bonds is 8. The summed E-state index contributed by atoms with van der Waals surface area (Å²) >= 11 is 6.25. The van der Waals surface area contributed by atoms with E-state index >= 15 is 0 Å². The van der Waals surface area contributed by atoms with Crippen molar-refractivity contribution in [2.45, 2.75) is 51.0 Å². The molecule has 3 aliphatic rings. The van der Waals surface area contributed by atoms with Gasteiger partial charge in [-0.25, -0.2) is 4.39 Å². The van der Waals surface area contributed by atoms with E-state index in [0.29, 0.717) is 63.5 Å². The highest BCUT2D eigenvalue weighted by Crippen LogP contribution is 2.34. The van der Waals surface area contributed by atoms with Crippen LogP contribution in [0.3, 0.4) is 0 Å². The quantitative estimate of drug-likeness (QED) is 0.460. The molecule has 2 saturated heterocycles. The number of hydrogen-bond acceptors (Lipinski definition) is 8. The largest absolute Gasteiger partial charge is 0.462 e. The number of nitrogens with zero attached hydrogens (tertiary/aromatic N) is 7. The molecule has 0 N–H and O–H groups in total. The predicted molar refractivity (Wildman–Crippen MR) is 146 cm³/mol. The lowest BCUT2D eigenvalue weighted by atomic mass is 10.1. The lowest BCUT2D eigenvalue weighted by Gasteiger charge is -2.41. The number of benzene rings is 1. The molecule has 1 amide bonds. The molecule has 0 aliphatic carbocycles. The van der Waals surface area contributed by atoms with Crippen LogP contribution in [0.4, 0.5) is 10.2 Å². The van der Waals surface area contributed by atoms with Crippen LogP contribution in [0.15, 0.2) is 30.9 Å². The number of nitriles is 1. The number of hydrogen-bond donors (Lipinski definition) is 0. The fraction of sp³-hybridized carbons (Fsp3) is 0.500. The molecule has 3 aliphatic heterocycles. The molecule has 0 radical (unpaired) electrons. The average Bonchev–Trinajstić information content (AvgIpc) is 3.54. The molecule has 5 rings (SSSR count). The summed E-state index contributed by atoms with van der Waals surface area (Å²) in [6, 6.07) is 7.44. The number of likely N-dealkylation sites (N-methyl/N-ethyl adjacent to an activating group) is 1. The first-order valence-corrected chi connectivity index (χ1v) is 13.7. The minimum Gasteiger partial charge on any atom is -0.462 e. The number of carbonyl (C=O) groups is 1. The standard InChI is InChI=1S/C28H33ClFN7O2/c1-3-25(38)37-13-12-36(15-20(37)9-10-31)27-22-16-35(14-19-6-4-8-23(30)26(19)29)17-24(22)32-28(33-27)39-18-21-7-5-11-34(21)2/h3-4,6,8,20-21H,1,5,7,9,11-18H2,2H3/t20-,21-/m0/s1. The molecule has 2 atom stereocenters. The summed E-state index contributed by atoms with van der Waals surface area (Å²) in [6.45, 7) is 8.25. The minimum absolute atomic E-state index is 0.131. The first kappa shape index (κ1) is 27.3. The smallest absolute Gasteiger partial charge is 0.318 e. The van der Waals surface area contributed by atoms with Crippen molar-refractivity contribution in [1.29, 1.82) is 5.26 Å². The Bertz CT molecular complexity index is 1290. The van der Waals surface area contributed by atoms with Gasteiger partial charge in [0.15, 0.2) is 0 Å². The van der Waals surface area contributed by atoms with Crippen molar-refractivity contribution in [3.05, 3.63) is 58.5 Å². The number of halogens is 2. The fourth-order valence-corrected chi connectivity index (χ4v) is 5.91. The molecule has 1 aromatic heterocycles. The van der Waals surface area contributed by atoms with Crippen LogP contribution in [0.5, 0.6) is 6.01 Å². The highest BCUT2D eigenvalue weighted by atomic mass is 35.5. The summed E-state index contributed by atoms with van der Waals surface area (Å²) in [5.41, 5.74) is 2.56. The number of anilines is 1. The molecular weight excluding hydrogens is 521 g/mol. The molecule has 4 heterocycles. The second-order valence-corrected chi connectivity index (χ2v) is 10.8. The third-order valence-corrected chi connectivity index (χ3v) is 8.30. The third kappa shape index (κ3) is 5.86. The van der Waals surface area contributed by atoms with Crippen LogP contribution in [-0.2, 0) is 24.4 Å². The summed E-state index contributed by atoms with van der Waals surface area (Å²) in [7, 11) is 2.10. The van der Waals surface area contributed by atoms with Gasteiger partial charge in [-0.2, -0.15) is 15.2 Å². The summed E-state index contributed by atoms with van der Waals surface area (Å²) < 4.78 is 20.2. The van der Waals surface area contributed by atoms with Crippen molar-refractivity contribution < 1.29 is 13.9 Å². The molecule has 39 heavy (non-hydrogen) atoms. The fourth-order valence-electron chi connectivity index (χ4n) is 5.72. The van der Waals surface area contributed by atoms with Gasteiger partial charge >= 0.3 is 6.01 Å². The van der Waals surface area contributed by atoms with Crippen LogP contribution in [0.25, 0.3) is 0 Å². The summed E-state index contributed by atoms with van der Waals surface area (Å²) in [6.07, 6.45) is 3.73. The van der Waals surface area contributed by atoms with Crippen LogP contribution in [0.2, 0.25) is 5.02 Å². The second-order valence-electron chi connectivity index (χ2n) is 10.4. The maximum absolute atomic E-state index is 14.1. The summed E-state index contributed by atoms with van der Waals surface area (Å²) in [5, 5.41) is 9.56. The monoisotopic (exact) mass is 553 g/mol. The highest BCUT2D eigenvalue weighted by molar-refractivity contribution is 6.31. The maximum Gasteiger partial charge on any atom is 0.318 e. The van der Waals surface area contributed by atoms with Crippen molar-refractivity contribution in [1.82, 2.24) is 24.7 Å². The van der Waals surface area contributed by atoms with E-state index in [1.807, 2.05) is 6.07 Å². The molecule has 0 saturated carbocycles. The number of piperazine rings is 1. The van der Waals surface area contributed by atoms with Gasteiger partial charge in [0.1, 0.15) is 18.2 Å². The van der Waals surface area contributed by atoms with E-state index in [4.69, 9.17) is 26.3 Å². The van der Waals surface area contributed by atoms with Gasteiger partial charge in [-0.05, 0) is 44.1 Å². The predicted octanol–water partition coefficient (Wildman–Crippen LogP) is 3.37. The lowest BCUT2D eigenvalue weighted by molar-refractivity contribution is -0.128. The number of carbonyl (C=O) groups excluding carboxylic acids is 1. The van der Waals surface area contributed by atoms with Crippen LogP contribution in [0.1, 0.15) is 36.1 Å².